The zero-order valence-electron chi connectivity index (χ0n) is 14.1. The average molecular weight is 340 g/mol. The van der Waals surface area contributed by atoms with Crippen molar-refractivity contribution in [3.8, 4) is 0 Å². The maximum Gasteiger partial charge on any atom is 0.246 e. The van der Waals surface area contributed by atoms with Crippen LogP contribution >= 0.6 is 0 Å². The van der Waals surface area contributed by atoms with E-state index in [9.17, 15) is 9.59 Å². The van der Waals surface area contributed by atoms with E-state index in [0.717, 1.165) is 29.8 Å². The van der Waals surface area contributed by atoms with Gasteiger partial charge in [-0.05, 0) is 24.0 Å². The number of nitrogens with zero attached hydrogens (tertiary/aromatic N) is 3. The van der Waals surface area contributed by atoms with Gasteiger partial charge in [-0.2, -0.15) is 4.98 Å². The van der Waals surface area contributed by atoms with Crippen molar-refractivity contribution in [1.82, 2.24) is 20.4 Å². The Balaban J connectivity index is 1.44. The maximum absolute atomic E-state index is 12.7. The van der Waals surface area contributed by atoms with Crippen molar-refractivity contribution in [2.24, 2.45) is 0 Å². The molecule has 2 aliphatic rings. The molecular formula is C18H20N4O3. The van der Waals surface area contributed by atoms with E-state index < -0.39 is 6.04 Å². The first-order chi connectivity index (χ1) is 12.1. The van der Waals surface area contributed by atoms with E-state index in [1.54, 1.807) is 4.90 Å². The summed E-state index contributed by atoms with van der Waals surface area (Å²) in [5, 5.41) is 6.77. The monoisotopic (exact) mass is 340 g/mol. The number of rotatable bonds is 4. The molecule has 1 aliphatic carbocycles. The molecule has 1 saturated carbocycles. The quantitative estimate of drug-likeness (QED) is 0.912. The molecule has 0 spiro atoms. The molecule has 0 radical (unpaired) electrons. The Kier molecular flexibility index (Phi) is 3.99. The molecule has 7 nitrogen and oxygen atoms in total. The van der Waals surface area contributed by atoms with E-state index in [0.29, 0.717) is 24.8 Å². The van der Waals surface area contributed by atoms with E-state index in [1.807, 2.05) is 24.3 Å². The molecule has 25 heavy (non-hydrogen) atoms. The first-order valence-electron chi connectivity index (χ1n) is 8.56. The maximum atomic E-state index is 12.7. The number of nitrogens with one attached hydrogen (secondary N) is 1. The van der Waals surface area contributed by atoms with Gasteiger partial charge in [0.15, 0.2) is 5.82 Å². The van der Waals surface area contributed by atoms with Crippen molar-refractivity contribution in [2.45, 2.75) is 51.2 Å². The van der Waals surface area contributed by atoms with Gasteiger partial charge in [0, 0.05) is 25.8 Å². The molecule has 2 amide bonds. The Morgan fingerprint density at radius 3 is 2.76 bits per heavy atom. The second-order valence-corrected chi connectivity index (χ2v) is 6.67. The van der Waals surface area contributed by atoms with Crippen LogP contribution in [0.25, 0.3) is 0 Å². The summed E-state index contributed by atoms with van der Waals surface area (Å²) in [5.74, 6) is 1.23. The van der Waals surface area contributed by atoms with Gasteiger partial charge in [-0.15, -0.1) is 0 Å². The highest BCUT2D eigenvalue weighted by atomic mass is 16.5. The van der Waals surface area contributed by atoms with Gasteiger partial charge >= 0.3 is 0 Å². The average Bonchev–Trinajstić information content (AvgIpc) is 3.37. The van der Waals surface area contributed by atoms with Crippen LogP contribution in [0.4, 0.5) is 0 Å². The molecule has 7 heteroatoms. The third-order valence-corrected chi connectivity index (χ3v) is 4.80. The molecule has 4 rings (SSSR count). The second kappa shape index (κ2) is 6.31. The number of aromatic nitrogens is 2. The second-order valence-electron chi connectivity index (χ2n) is 6.67. The molecule has 0 saturated heterocycles. The van der Waals surface area contributed by atoms with Gasteiger partial charge in [0.05, 0.1) is 6.54 Å². The van der Waals surface area contributed by atoms with Crippen molar-refractivity contribution < 1.29 is 14.1 Å². The Labute approximate surface area is 145 Å². The molecule has 0 bridgehead atoms. The Bertz CT molecular complexity index is 812. The Hall–Kier alpha value is -2.70. The molecule has 0 unspecified atom stereocenters. The summed E-state index contributed by atoms with van der Waals surface area (Å²) in [6, 6.07) is 7.39. The molecule has 2 aromatic rings. The highest BCUT2D eigenvalue weighted by molar-refractivity contribution is 5.87. The van der Waals surface area contributed by atoms with Gasteiger partial charge in [0.2, 0.25) is 17.7 Å². The Morgan fingerprint density at radius 2 is 2.04 bits per heavy atom. The van der Waals surface area contributed by atoms with Gasteiger partial charge in [0.1, 0.15) is 6.04 Å². The molecule has 1 aromatic carbocycles. The lowest BCUT2D eigenvalue weighted by atomic mass is 9.93. The number of amides is 2. The van der Waals surface area contributed by atoms with Crippen LogP contribution in [0.1, 0.15) is 48.5 Å². The summed E-state index contributed by atoms with van der Waals surface area (Å²) in [5.41, 5.74) is 2.20. The predicted molar refractivity (Wildman–Crippen MR) is 88.3 cm³/mol. The molecule has 2 heterocycles. The molecule has 1 atom stereocenters. The van der Waals surface area contributed by atoms with Crippen molar-refractivity contribution in [2.75, 3.05) is 0 Å². The van der Waals surface area contributed by atoms with E-state index in [2.05, 4.69) is 15.5 Å². The lowest BCUT2D eigenvalue weighted by molar-refractivity contribution is -0.140. The van der Waals surface area contributed by atoms with E-state index in [-0.39, 0.29) is 18.4 Å². The molecule has 1 fully saturated rings. The van der Waals surface area contributed by atoms with Crippen LogP contribution in [0.5, 0.6) is 0 Å². The summed E-state index contributed by atoms with van der Waals surface area (Å²) in [6.07, 6.45) is 2.71. The first kappa shape index (κ1) is 15.8. The smallest absolute Gasteiger partial charge is 0.246 e. The highest BCUT2D eigenvalue weighted by Gasteiger charge is 2.33. The zero-order valence-corrected chi connectivity index (χ0v) is 14.1. The van der Waals surface area contributed by atoms with Crippen molar-refractivity contribution in [3.63, 3.8) is 0 Å². The summed E-state index contributed by atoms with van der Waals surface area (Å²) >= 11 is 0. The lowest BCUT2D eigenvalue weighted by Gasteiger charge is -2.35. The minimum Gasteiger partial charge on any atom is -0.345 e. The number of hydrogen-bond acceptors (Lipinski definition) is 5. The van der Waals surface area contributed by atoms with Gasteiger partial charge in [0.25, 0.3) is 0 Å². The highest BCUT2D eigenvalue weighted by Crippen LogP contribution is 2.38. The summed E-state index contributed by atoms with van der Waals surface area (Å²) in [4.78, 5) is 30.6. The van der Waals surface area contributed by atoms with Gasteiger partial charge in [-0.1, -0.05) is 29.4 Å². The van der Waals surface area contributed by atoms with Crippen molar-refractivity contribution in [3.05, 3.63) is 47.1 Å². The van der Waals surface area contributed by atoms with Crippen LogP contribution in [-0.2, 0) is 29.1 Å². The SMILES string of the molecule is CC(=O)N1Cc2ccccc2C[C@H]1C(=O)NCc1nc(C2CC2)no1. The zero-order chi connectivity index (χ0) is 17.4. The third kappa shape index (κ3) is 3.26. The number of hydrogen-bond donors (Lipinski definition) is 1. The molecule has 1 aliphatic heterocycles. The van der Waals surface area contributed by atoms with Gasteiger partial charge in [-0.3, -0.25) is 9.59 Å². The normalized spacial score (nSPS) is 19.4. The fourth-order valence-corrected chi connectivity index (χ4v) is 3.22. The number of benzene rings is 1. The lowest BCUT2D eigenvalue weighted by Crippen LogP contribution is -2.51. The fraction of sp³-hybridized carbons (Fsp3) is 0.444. The minimum atomic E-state index is -0.516. The van der Waals surface area contributed by atoms with Crippen LogP contribution in [0.2, 0.25) is 0 Å². The van der Waals surface area contributed by atoms with Crippen molar-refractivity contribution >= 4 is 11.8 Å². The standard InChI is InChI=1S/C18H20N4O3/c1-11(23)22-10-14-5-3-2-4-13(14)8-15(22)18(24)19-9-16-20-17(21-25-16)12-6-7-12/h2-5,12,15H,6-10H2,1H3,(H,19,24)/t15-/m0/s1. The van der Waals surface area contributed by atoms with E-state index in [1.165, 1.54) is 6.92 Å². The first-order valence-corrected chi connectivity index (χ1v) is 8.56. The van der Waals surface area contributed by atoms with Crippen LogP contribution in [0, 0.1) is 0 Å². The fourth-order valence-electron chi connectivity index (χ4n) is 3.22. The summed E-state index contributed by atoms with van der Waals surface area (Å²) in [7, 11) is 0. The summed E-state index contributed by atoms with van der Waals surface area (Å²) in [6.45, 7) is 2.13. The van der Waals surface area contributed by atoms with Crippen molar-refractivity contribution in [1.29, 1.82) is 0 Å². The number of carbonyl (C=O) groups excluding carboxylic acids is 2. The minimum absolute atomic E-state index is 0.108. The van der Waals surface area contributed by atoms with E-state index in [4.69, 9.17) is 4.52 Å². The third-order valence-electron chi connectivity index (χ3n) is 4.80. The van der Waals surface area contributed by atoms with E-state index >= 15 is 0 Å². The largest absolute Gasteiger partial charge is 0.345 e. The van der Waals surface area contributed by atoms with Crippen LogP contribution in [0.3, 0.4) is 0 Å². The Morgan fingerprint density at radius 1 is 1.28 bits per heavy atom. The number of carbonyl (C=O) groups is 2. The van der Waals surface area contributed by atoms with Crippen LogP contribution in [0.15, 0.2) is 28.8 Å². The molecule has 1 N–H and O–H groups in total. The van der Waals surface area contributed by atoms with Crippen LogP contribution < -0.4 is 5.32 Å². The predicted octanol–water partition coefficient (Wildman–Crippen LogP) is 1.54. The molecule has 130 valence electrons. The molecular weight excluding hydrogens is 320 g/mol. The van der Waals surface area contributed by atoms with Gasteiger partial charge < -0.3 is 14.7 Å². The summed E-state index contributed by atoms with van der Waals surface area (Å²) < 4.78 is 5.18. The van der Waals surface area contributed by atoms with Crippen LogP contribution in [-0.4, -0.2) is 32.9 Å². The number of fused-ring (bicyclic) bond motifs is 1. The molecule has 1 aromatic heterocycles. The van der Waals surface area contributed by atoms with Gasteiger partial charge in [-0.25, -0.2) is 0 Å². The topological polar surface area (TPSA) is 88.3 Å².